The van der Waals surface area contributed by atoms with E-state index in [1.165, 1.54) is 34.9 Å². The van der Waals surface area contributed by atoms with Crippen molar-refractivity contribution in [1.29, 1.82) is 0 Å². The highest BCUT2D eigenvalue weighted by Gasteiger charge is 2.17. The molecule has 1 saturated heterocycles. The van der Waals surface area contributed by atoms with E-state index in [1.807, 2.05) is 11.3 Å². The van der Waals surface area contributed by atoms with Crippen molar-refractivity contribution in [2.24, 2.45) is 0 Å². The van der Waals surface area contributed by atoms with Crippen LogP contribution < -0.4 is 5.32 Å². The lowest BCUT2D eigenvalue weighted by Crippen LogP contribution is -2.22. The minimum absolute atomic E-state index is 0.296. The summed E-state index contributed by atoms with van der Waals surface area (Å²) >= 11 is 4.08. The van der Waals surface area contributed by atoms with Crippen LogP contribution in [0.25, 0.3) is 0 Å². The summed E-state index contributed by atoms with van der Waals surface area (Å²) in [6.45, 7) is 9.06. The van der Waals surface area contributed by atoms with E-state index in [2.05, 4.69) is 50.0 Å². The summed E-state index contributed by atoms with van der Waals surface area (Å²) in [5.41, 5.74) is 0.296. The summed E-state index contributed by atoms with van der Waals surface area (Å²) in [5.74, 6) is 1.36. The number of thiophene rings is 1. The molecule has 96 valence electrons. The molecule has 1 aromatic heterocycles. The molecule has 1 aromatic rings. The maximum atomic E-state index is 3.60. The monoisotopic (exact) mass is 269 g/mol. The van der Waals surface area contributed by atoms with Crippen molar-refractivity contribution >= 4 is 23.1 Å². The molecule has 1 unspecified atom stereocenters. The molecule has 0 bridgehead atoms. The van der Waals surface area contributed by atoms with Crippen LogP contribution in [0.2, 0.25) is 0 Å². The van der Waals surface area contributed by atoms with Crippen molar-refractivity contribution in [1.82, 2.24) is 5.32 Å². The highest BCUT2D eigenvalue weighted by Crippen LogP contribution is 2.29. The van der Waals surface area contributed by atoms with Crippen molar-refractivity contribution in [3.05, 3.63) is 21.9 Å². The van der Waals surface area contributed by atoms with Crippen molar-refractivity contribution in [3.8, 4) is 0 Å². The molecule has 1 nitrogen and oxygen atoms in total. The number of rotatable bonds is 4. The molecular formula is C14H23NS2. The summed E-state index contributed by atoms with van der Waals surface area (Å²) in [5, 5.41) is 4.46. The third kappa shape index (κ3) is 4.01. The molecule has 2 rings (SSSR count). The van der Waals surface area contributed by atoms with Gasteiger partial charge in [-0.25, -0.2) is 0 Å². The molecule has 17 heavy (non-hydrogen) atoms. The smallest absolute Gasteiger partial charge is 0.0300 e. The van der Waals surface area contributed by atoms with Crippen LogP contribution in [0.5, 0.6) is 0 Å². The van der Waals surface area contributed by atoms with E-state index in [1.54, 1.807) is 0 Å². The van der Waals surface area contributed by atoms with E-state index in [0.717, 1.165) is 11.8 Å². The largest absolute Gasteiger partial charge is 0.311 e. The predicted molar refractivity (Wildman–Crippen MR) is 80.2 cm³/mol. The van der Waals surface area contributed by atoms with E-state index in [4.69, 9.17) is 0 Å². The van der Waals surface area contributed by atoms with Crippen LogP contribution in [0.1, 0.15) is 43.4 Å². The summed E-state index contributed by atoms with van der Waals surface area (Å²) in [6.07, 6.45) is 2.81. The average molecular weight is 269 g/mol. The standard InChI is InChI=1S/C14H23NS2/c1-14(2,3)13-7-6-12(17-13)10-15-9-11-5-4-8-16-11/h6-7,11,15H,4-5,8-10H2,1-3H3. The molecule has 0 saturated carbocycles. The number of hydrogen-bond donors (Lipinski definition) is 1. The van der Waals surface area contributed by atoms with Crippen LogP contribution in [-0.2, 0) is 12.0 Å². The van der Waals surface area contributed by atoms with E-state index in [-0.39, 0.29) is 0 Å². The van der Waals surface area contributed by atoms with Crippen LogP contribution in [0, 0.1) is 0 Å². The Morgan fingerprint density at radius 3 is 2.76 bits per heavy atom. The van der Waals surface area contributed by atoms with Gasteiger partial charge in [-0.1, -0.05) is 20.8 Å². The molecular weight excluding hydrogens is 246 g/mol. The topological polar surface area (TPSA) is 12.0 Å². The lowest BCUT2D eigenvalue weighted by Gasteiger charge is -2.15. The van der Waals surface area contributed by atoms with Gasteiger partial charge in [-0.15, -0.1) is 11.3 Å². The maximum Gasteiger partial charge on any atom is 0.0300 e. The number of nitrogens with one attached hydrogen (secondary N) is 1. The molecule has 0 radical (unpaired) electrons. The Morgan fingerprint density at radius 1 is 1.35 bits per heavy atom. The predicted octanol–water partition coefficient (Wildman–Crippen LogP) is 4.03. The van der Waals surface area contributed by atoms with E-state index in [0.29, 0.717) is 5.41 Å². The second-order valence-electron chi connectivity index (χ2n) is 5.78. The zero-order valence-corrected chi connectivity index (χ0v) is 12.7. The summed E-state index contributed by atoms with van der Waals surface area (Å²) in [6, 6.07) is 4.56. The van der Waals surface area contributed by atoms with Crippen LogP contribution in [0.15, 0.2) is 12.1 Å². The quantitative estimate of drug-likeness (QED) is 0.885. The van der Waals surface area contributed by atoms with Crippen LogP contribution in [0.4, 0.5) is 0 Å². The molecule has 0 aliphatic carbocycles. The lowest BCUT2D eigenvalue weighted by atomic mass is 9.95. The molecule has 1 aliphatic rings. The second kappa shape index (κ2) is 5.77. The Labute approximate surface area is 113 Å². The fourth-order valence-electron chi connectivity index (χ4n) is 2.04. The normalized spacial score (nSPS) is 21.0. The fraction of sp³-hybridized carbons (Fsp3) is 0.714. The minimum atomic E-state index is 0.296. The Morgan fingerprint density at radius 2 is 2.18 bits per heavy atom. The Kier molecular flexibility index (Phi) is 4.56. The van der Waals surface area contributed by atoms with Crippen molar-refractivity contribution in [3.63, 3.8) is 0 Å². The Balaban J connectivity index is 1.77. The van der Waals surface area contributed by atoms with Crippen LogP contribution >= 0.6 is 23.1 Å². The van der Waals surface area contributed by atoms with Gasteiger partial charge >= 0.3 is 0 Å². The summed E-state index contributed by atoms with van der Waals surface area (Å²) in [4.78, 5) is 2.96. The first-order chi connectivity index (χ1) is 8.05. The minimum Gasteiger partial charge on any atom is -0.311 e. The first-order valence-corrected chi connectivity index (χ1v) is 8.34. The van der Waals surface area contributed by atoms with Gasteiger partial charge in [-0.2, -0.15) is 11.8 Å². The summed E-state index contributed by atoms with van der Waals surface area (Å²) in [7, 11) is 0. The van der Waals surface area contributed by atoms with Gasteiger partial charge in [0.2, 0.25) is 0 Å². The van der Waals surface area contributed by atoms with Gasteiger partial charge in [-0.05, 0) is 36.1 Å². The van der Waals surface area contributed by atoms with E-state index >= 15 is 0 Å². The van der Waals surface area contributed by atoms with Gasteiger partial charge in [0, 0.05) is 28.1 Å². The molecule has 1 N–H and O–H groups in total. The molecule has 2 heterocycles. The van der Waals surface area contributed by atoms with Gasteiger partial charge in [0.1, 0.15) is 0 Å². The zero-order chi connectivity index (χ0) is 12.3. The molecule has 0 spiro atoms. The first-order valence-electron chi connectivity index (χ1n) is 6.47. The third-order valence-corrected chi connectivity index (χ3v) is 6.01. The van der Waals surface area contributed by atoms with Gasteiger partial charge in [0.05, 0.1) is 0 Å². The highest BCUT2D eigenvalue weighted by molar-refractivity contribution is 8.00. The van der Waals surface area contributed by atoms with Gasteiger partial charge in [-0.3, -0.25) is 0 Å². The average Bonchev–Trinajstić information content (AvgIpc) is 2.86. The van der Waals surface area contributed by atoms with E-state index < -0.39 is 0 Å². The first kappa shape index (κ1) is 13.4. The number of thioether (sulfide) groups is 1. The maximum absolute atomic E-state index is 3.60. The SMILES string of the molecule is CC(C)(C)c1ccc(CNCC2CCCS2)s1. The van der Waals surface area contributed by atoms with Gasteiger partial charge in [0.25, 0.3) is 0 Å². The van der Waals surface area contributed by atoms with Crippen molar-refractivity contribution < 1.29 is 0 Å². The van der Waals surface area contributed by atoms with Crippen LogP contribution in [-0.4, -0.2) is 17.5 Å². The van der Waals surface area contributed by atoms with Gasteiger partial charge < -0.3 is 5.32 Å². The molecule has 0 amide bonds. The molecule has 1 atom stereocenters. The van der Waals surface area contributed by atoms with Crippen LogP contribution in [0.3, 0.4) is 0 Å². The molecule has 3 heteroatoms. The molecule has 0 aromatic carbocycles. The van der Waals surface area contributed by atoms with Gasteiger partial charge in [0.15, 0.2) is 0 Å². The fourth-order valence-corrected chi connectivity index (χ4v) is 4.31. The summed E-state index contributed by atoms with van der Waals surface area (Å²) < 4.78 is 0. The Bertz CT molecular complexity index is 345. The molecule has 1 fully saturated rings. The van der Waals surface area contributed by atoms with Crippen molar-refractivity contribution in [2.45, 2.75) is 50.8 Å². The second-order valence-corrected chi connectivity index (χ2v) is 8.36. The lowest BCUT2D eigenvalue weighted by molar-refractivity contribution is 0.604. The van der Waals surface area contributed by atoms with E-state index in [9.17, 15) is 0 Å². The third-order valence-electron chi connectivity index (χ3n) is 3.10. The highest BCUT2D eigenvalue weighted by atomic mass is 32.2. The molecule has 1 aliphatic heterocycles. The Hall–Kier alpha value is 0.01000. The number of hydrogen-bond acceptors (Lipinski definition) is 3. The van der Waals surface area contributed by atoms with Crippen molar-refractivity contribution in [2.75, 3.05) is 12.3 Å². The zero-order valence-electron chi connectivity index (χ0n) is 11.1.